The largest absolute Gasteiger partial charge is 0.465 e. The van der Waals surface area contributed by atoms with E-state index in [1.807, 2.05) is 12.1 Å². The molecular weight excluding hydrogens is 262 g/mol. The first kappa shape index (κ1) is 12.3. The Bertz CT molecular complexity index is 720. The molecule has 98 valence electrons. The molecule has 2 heterocycles. The van der Waals surface area contributed by atoms with E-state index in [0.29, 0.717) is 11.1 Å². The van der Waals surface area contributed by atoms with Gasteiger partial charge in [0.2, 0.25) is 0 Å². The normalized spacial score (nSPS) is 14.2. The number of benzene rings is 1. The van der Waals surface area contributed by atoms with Crippen LogP contribution < -0.4 is 5.56 Å². The highest BCUT2D eigenvalue weighted by Gasteiger charge is 2.19. The van der Waals surface area contributed by atoms with Crippen molar-refractivity contribution >= 4 is 28.6 Å². The maximum absolute atomic E-state index is 12.1. The fourth-order valence-electron chi connectivity index (χ4n) is 2.49. The summed E-state index contributed by atoms with van der Waals surface area (Å²) < 4.78 is 4.76. The summed E-state index contributed by atoms with van der Waals surface area (Å²) in [6.07, 6.45) is 0.866. The van der Waals surface area contributed by atoms with Crippen molar-refractivity contribution in [2.24, 2.45) is 0 Å². The van der Waals surface area contributed by atoms with Gasteiger partial charge in [0.15, 0.2) is 0 Å². The van der Waals surface area contributed by atoms with E-state index in [-0.39, 0.29) is 5.56 Å². The highest BCUT2D eigenvalue weighted by molar-refractivity contribution is 7.98. The number of thioether (sulfide) groups is 1. The van der Waals surface area contributed by atoms with Crippen LogP contribution in [0.5, 0.6) is 0 Å². The molecule has 5 heteroatoms. The van der Waals surface area contributed by atoms with Crippen molar-refractivity contribution in [1.82, 2.24) is 4.98 Å². The molecule has 0 unspecified atom stereocenters. The summed E-state index contributed by atoms with van der Waals surface area (Å²) in [5, 5.41) is 0.956. The maximum Gasteiger partial charge on any atom is 0.339 e. The van der Waals surface area contributed by atoms with Crippen molar-refractivity contribution in [2.45, 2.75) is 12.2 Å². The number of methoxy groups -OCH3 is 1. The molecule has 19 heavy (non-hydrogen) atoms. The molecule has 0 amide bonds. The fraction of sp³-hybridized carbons (Fsp3) is 0.286. The molecule has 0 atom stereocenters. The number of rotatable bonds is 1. The van der Waals surface area contributed by atoms with Crippen molar-refractivity contribution in [3.8, 4) is 0 Å². The van der Waals surface area contributed by atoms with E-state index < -0.39 is 5.97 Å². The van der Waals surface area contributed by atoms with Gasteiger partial charge in [0.1, 0.15) is 0 Å². The van der Waals surface area contributed by atoms with E-state index >= 15 is 0 Å². The summed E-state index contributed by atoms with van der Waals surface area (Å²) in [7, 11) is 1.34. The quantitative estimate of drug-likeness (QED) is 0.810. The third kappa shape index (κ3) is 1.94. The lowest BCUT2D eigenvalue weighted by Gasteiger charge is -2.17. The van der Waals surface area contributed by atoms with Crippen molar-refractivity contribution in [1.29, 1.82) is 0 Å². The number of carbonyl (C=O) groups is 1. The zero-order valence-electron chi connectivity index (χ0n) is 10.5. The number of aromatic amines is 1. The van der Waals surface area contributed by atoms with Crippen LogP contribution in [0.4, 0.5) is 0 Å². The monoisotopic (exact) mass is 275 g/mol. The lowest BCUT2D eigenvalue weighted by atomic mass is 9.99. The van der Waals surface area contributed by atoms with Crippen molar-refractivity contribution in [3.63, 3.8) is 0 Å². The van der Waals surface area contributed by atoms with E-state index in [1.54, 1.807) is 17.8 Å². The number of aryl methyl sites for hydroxylation is 1. The summed E-state index contributed by atoms with van der Waals surface area (Å²) in [4.78, 5) is 26.7. The van der Waals surface area contributed by atoms with Crippen LogP contribution >= 0.6 is 11.8 Å². The first-order valence-electron chi connectivity index (χ1n) is 6.05. The Morgan fingerprint density at radius 1 is 1.37 bits per heavy atom. The number of hydrogen-bond donors (Lipinski definition) is 1. The molecule has 3 rings (SSSR count). The maximum atomic E-state index is 12.1. The molecule has 1 aliphatic heterocycles. The minimum Gasteiger partial charge on any atom is -0.465 e. The number of aromatic nitrogens is 1. The minimum absolute atomic E-state index is 0.0916. The van der Waals surface area contributed by atoms with Gasteiger partial charge in [0.25, 0.3) is 5.56 Å². The van der Waals surface area contributed by atoms with Gasteiger partial charge in [-0.3, -0.25) is 4.79 Å². The Hall–Kier alpha value is -1.75. The van der Waals surface area contributed by atoms with Crippen molar-refractivity contribution in [2.75, 3.05) is 12.9 Å². The minimum atomic E-state index is -0.425. The van der Waals surface area contributed by atoms with E-state index in [1.165, 1.54) is 7.11 Å². The summed E-state index contributed by atoms with van der Waals surface area (Å²) in [5.41, 5.74) is 2.82. The number of ether oxygens (including phenoxy) is 1. The average molecular weight is 275 g/mol. The first-order chi connectivity index (χ1) is 9.22. The Morgan fingerprint density at radius 2 is 2.21 bits per heavy atom. The zero-order valence-corrected chi connectivity index (χ0v) is 11.3. The van der Waals surface area contributed by atoms with Crippen LogP contribution in [-0.4, -0.2) is 23.8 Å². The Morgan fingerprint density at radius 3 is 3.00 bits per heavy atom. The van der Waals surface area contributed by atoms with E-state index in [4.69, 9.17) is 4.74 Å². The lowest BCUT2D eigenvalue weighted by Crippen LogP contribution is -2.20. The number of fused-ring (bicyclic) bond motifs is 3. The predicted octanol–water partition coefficient (Wildman–Crippen LogP) is 2.10. The third-order valence-electron chi connectivity index (χ3n) is 3.41. The van der Waals surface area contributed by atoms with Gasteiger partial charge in [-0.25, -0.2) is 4.79 Å². The zero-order chi connectivity index (χ0) is 13.4. The topological polar surface area (TPSA) is 59.2 Å². The second kappa shape index (κ2) is 4.74. The SMILES string of the molecule is COC(=O)c1cccc2c3c(c(=O)[nH]c12)CSCC3. The van der Waals surface area contributed by atoms with Crippen LogP contribution in [0.3, 0.4) is 0 Å². The molecule has 1 aromatic carbocycles. The van der Waals surface area contributed by atoms with Crippen LogP contribution in [0.15, 0.2) is 23.0 Å². The first-order valence-corrected chi connectivity index (χ1v) is 7.20. The molecule has 0 saturated carbocycles. The standard InChI is InChI=1S/C14H13NO3S/c1-18-14(17)10-4-2-3-9-8-5-6-19-7-11(8)13(16)15-12(9)10/h2-4H,5-7H2,1H3,(H,15,16). The fourth-order valence-corrected chi connectivity index (χ4v) is 3.50. The van der Waals surface area contributed by atoms with Crippen LogP contribution in [-0.2, 0) is 16.9 Å². The molecule has 0 fully saturated rings. The number of pyridine rings is 1. The number of para-hydroxylation sites is 1. The highest BCUT2D eigenvalue weighted by atomic mass is 32.2. The number of esters is 1. The van der Waals surface area contributed by atoms with Crippen LogP contribution in [0, 0.1) is 0 Å². The predicted molar refractivity (Wildman–Crippen MR) is 75.8 cm³/mol. The van der Waals surface area contributed by atoms with Crippen LogP contribution in [0.1, 0.15) is 21.5 Å². The molecule has 1 N–H and O–H groups in total. The second-order valence-corrected chi connectivity index (χ2v) is 5.54. The number of hydrogen-bond acceptors (Lipinski definition) is 4. The van der Waals surface area contributed by atoms with E-state index in [2.05, 4.69) is 4.98 Å². The molecule has 1 aliphatic rings. The summed E-state index contributed by atoms with van der Waals surface area (Å²) in [6, 6.07) is 5.45. The van der Waals surface area contributed by atoms with Gasteiger partial charge >= 0.3 is 5.97 Å². The smallest absolute Gasteiger partial charge is 0.339 e. The molecule has 0 aliphatic carbocycles. The second-order valence-electron chi connectivity index (χ2n) is 4.43. The van der Waals surface area contributed by atoms with Gasteiger partial charge in [0.05, 0.1) is 18.2 Å². The Balaban J connectivity index is 2.37. The molecular formula is C14H13NO3S. The van der Waals surface area contributed by atoms with Gasteiger partial charge in [-0.1, -0.05) is 12.1 Å². The molecule has 4 nitrogen and oxygen atoms in total. The molecule has 1 aromatic heterocycles. The van der Waals surface area contributed by atoms with Gasteiger partial charge in [-0.05, 0) is 23.8 Å². The molecule has 0 bridgehead atoms. The molecule has 0 radical (unpaired) electrons. The number of nitrogens with one attached hydrogen (secondary N) is 1. The summed E-state index contributed by atoms with van der Waals surface area (Å²) in [5.74, 6) is 1.32. The van der Waals surface area contributed by atoms with Crippen LogP contribution in [0.2, 0.25) is 0 Å². The number of H-pyrrole nitrogens is 1. The van der Waals surface area contributed by atoms with Crippen LogP contribution in [0.25, 0.3) is 10.9 Å². The molecule has 0 spiro atoms. The summed E-state index contributed by atoms with van der Waals surface area (Å²) in [6.45, 7) is 0. The van der Waals surface area contributed by atoms with Crippen molar-refractivity contribution in [3.05, 3.63) is 45.2 Å². The van der Waals surface area contributed by atoms with Gasteiger partial charge in [-0.15, -0.1) is 0 Å². The van der Waals surface area contributed by atoms with E-state index in [9.17, 15) is 9.59 Å². The van der Waals surface area contributed by atoms with Crippen molar-refractivity contribution < 1.29 is 9.53 Å². The highest BCUT2D eigenvalue weighted by Crippen LogP contribution is 2.28. The summed E-state index contributed by atoms with van der Waals surface area (Å²) >= 11 is 1.76. The number of carbonyl (C=O) groups excluding carboxylic acids is 1. The van der Waals surface area contributed by atoms with Gasteiger partial charge in [-0.2, -0.15) is 11.8 Å². The molecule has 2 aromatic rings. The Kier molecular flexibility index (Phi) is 3.06. The average Bonchev–Trinajstić information content (AvgIpc) is 2.46. The van der Waals surface area contributed by atoms with E-state index in [0.717, 1.165) is 34.4 Å². The molecule has 0 saturated heterocycles. The lowest BCUT2D eigenvalue weighted by molar-refractivity contribution is 0.0603. The third-order valence-corrected chi connectivity index (χ3v) is 4.40. The van der Waals surface area contributed by atoms with Gasteiger partial charge in [0, 0.05) is 16.7 Å². The Labute approximate surface area is 114 Å². The van der Waals surface area contributed by atoms with Gasteiger partial charge < -0.3 is 9.72 Å².